The molecule has 0 fully saturated rings. The second-order valence-corrected chi connectivity index (χ2v) is 2.58. The van der Waals surface area contributed by atoms with Gasteiger partial charge in [0, 0.05) is 6.07 Å². The van der Waals surface area contributed by atoms with E-state index in [4.69, 9.17) is 0 Å². The number of rotatable bonds is 2. The first-order valence-electron chi connectivity index (χ1n) is 3.59. The molecule has 0 bridgehead atoms. The van der Waals surface area contributed by atoms with E-state index in [0.717, 1.165) is 7.11 Å². The number of halogens is 5. The lowest BCUT2D eigenvalue weighted by molar-refractivity contribution is 0.383. The van der Waals surface area contributed by atoms with Gasteiger partial charge in [-0.3, -0.25) is 0 Å². The molecule has 0 aliphatic carbocycles. The highest BCUT2D eigenvalue weighted by atomic mass is 19.4. The van der Waals surface area contributed by atoms with Crippen LogP contribution in [0.5, 0.6) is 5.75 Å². The van der Waals surface area contributed by atoms with Crippen LogP contribution in [0.1, 0.15) is 0 Å². The maximum absolute atomic E-state index is 12.8. The molecule has 0 unspecified atom stereocenters. The summed E-state index contributed by atoms with van der Waals surface area (Å²) in [6, 6.07) is 0.548. The van der Waals surface area contributed by atoms with Gasteiger partial charge < -0.3 is 17.7 Å². The quantitative estimate of drug-likeness (QED) is 0.537. The molecule has 0 aliphatic heterocycles. The van der Waals surface area contributed by atoms with Gasteiger partial charge in [-0.2, -0.15) is 0 Å². The van der Waals surface area contributed by atoms with Crippen molar-refractivity contribution in [3.05, 3.63) is 23.8 Å². The molecule has 0 saturated heterocycles. The zero-order chi connectivity index (χ0) is 10.9. The van der Waals surface area contributed by atoms with E-state index >= 15 is 0 Å². The van der Waals surface area contributed by atoms with Crippen LogP contribution in [0.4, 0.5) is 21.7 Å². The van der Waals surface area contributed by atoms with Crippen LogP contribution >= 0.6 is 0 Å². The normalized spacial score (nSPS) is 11.6. The first-order chi connectivity index (χ1) is 6.36. The fraction of sp³-hybridized carbons (Fsp3) is 0.143. The van der Waals surface area contributed by atoms with E-state index in [9.17, 15) is 21.7 Å². The summed E-state index contributed by atoms with van der Waals surface area (Å²) in [6.45, 7) is -5.48. The maximum Gasteiger partial charge on any atom is 0.513 e. The van der Waals surface area contributed by atoms with Crippen molar-refractivity contribution in [2.45, 2.75) is 0 Å². The van der Waals surface area contributed by atoms with Crippen molar-refractivity contribution in [1.29, 1.82) is 0 Å². The summed E-state index contributed by atoms with van der Waals surface area (Å²) in [5, 5.41) is 0. The van der Waals surface area contributed by atoms with E-state index in [0.29, 0.717) is 6.07 Å². The van der Waals surface area contributed by atoms with Crippen molar-refractivity contribution in [3.8, 4) is 5.75 Å². The Kier molecular flexibility index (Phi) is 2.68. The summed E-state index contributed by atoms with van der Waals surface area (Å²) >= 11 is 0. The first kappa shape index (κ1) is 10.8. The average Bonchev–Trinajstić information content (AvgIpc) is 2.01. The predicted octanol–water partition coefficient (Wildman–Crippen LogP) is 2.03. The first-order valence-corrected chi connectivity index (χ1v) is 3.59. The van der Waals surface area contributed by atoms with Crippen LogP contribution < -0.4 is 10.2 Å². The molecule has 1 aromatic carbocycles. The number of hydrogen-bond donors (Lipinski definition) is 0. The van der Waals surface area contributed by atoms with E-state index in [2.05, 4.69) is 4.74 Å². The minimum Gasteiger partial charge on any atom is -0.497 e. The molecule has 0 saturated carbocycles. The third-order valence-electron chi connectivity index (χ3n) is 1.59. The second-order valence-electron chi connectivity index (χ2n) is 2.58. The molecule has 0 heterocycles. The lowest BCUT2D eigenvalue weighted by atomic mass is 9.79. The zero-order valence-corrected chi connectivity index (χ0v) is 7.03. The highest BCUT2D eigenvalue weighted by molar-refractivity contribution is 6.74. The highest BCUT2D eigenvalue weighted by Crippen LogP contribution is 2.21. The fourth-order valence-electron chi connectivity index (χ4n) is 1.04. The van der Waals surface area contributed by atoms with Crippen molar-refractivity contribution in [2.24, 2.45) is 0 Å². The molecule has 1 nitrogen and oxygen atoms in total. The van der Waals surface area contributed by atoms with Crippen LogP contribution in [0.2, 0.25) is 0 Å². The molecule has 0 radical (unpaired) electrons. The summed E-state index contributed by atoms with van der Waals surface area (Å²) < 4.78 is 66.2. The van der Waals surface area contributed by atoms with Crippen molar-refractivity contribution in [3.63, 3.8) is 0 Å². The number of hydrogen-bond acceptors (Lipinski definition) is 1. The SMILES string of the molecule is COc1c(F)cc(F)cc1[B-](F)(F)F. The summed E-state index contributed by atoms with van der Waals surface area (Å²) in [4.78, 5) is 0. The van der Waals surface area contributed by atoms with E-state index < -0.39 is 29.8 Å². The topological polar surface area (TPSA) is 9.23 Å². The molecule has 0 spiro atoms. The molecule has 7 heteroatoms. The molecule has 14 heavy (non-hydrogen) atoms. The van der Waals surface area contributed by atoms with Crippen LogP contribution in [-0.4, -0.2) is 14.1 Å². The van der Waals surface area contributed by atoms with Crippen LogP contribution in [0.3, 0.4) is 0 Å². The van der Waals surface area contributed by atoms with E-state index in [-0.39, 0.29) is 6.07 Å². The number of benzene rings is 1. The Morgan fingerprint density at radius 3 is 2.14 bits per heavy atom. The smallest absolute Gasteiger partial charge is 0.497 e. The molecule has 1 rings (SSSR count). The molecule has 0 aliphatic rings. The largest absolute Gasteiger partial charge is 0.513 e. The maximum atomic E-state index is 12.8. The lowest BCUT2D eigenvalue weighted by Gasteiger charge is -2.18. The molecular weight excluding hydrogens is 206 g/mol. The summed E-state index contributed by atoms with van der Waals surface area (Å²) in [7, 11) is 0.891. The fourth-order valence-corrected chi connectivity index (χ4v) is 1.04. The van der Waals surface area contributed by atoms with Gasteiger partial charge in [0.05, 0.1) is 7.11 Å². The van der Waals surface area contributed by atoms with Gasteiger partial charge in [0.2, 0.25) is 0 Å². The predicted molar refractivity (Wildman–Crippen MR) is 41.6 cm³/mol. The average molecular weight is 211 g/mol. The van der Waals surface area contributed by atoms with Crippen LogP contribution in [-0.2, 0) is 0 Å². The zero-order valence-electron chi connectivity index (χ0n) is 7.03. The van der Waals surface area contributed by atoms with Crippen molar-refractivity contribution < 1.29 is 26.5 Å². The second kappa shape index (κ2) is 3.47. The molecule has 0 atom stereocenters. The van der Waals surface area contributed by atoms with Gasteiger partial charge in [0.1, 0.15) is 11.6 Å². The van der Waals surface area contributed by atoms with Gasteiger partial charge in [-0.1, -0.05) is 5.46 Å². The molecular formula is C7H5BF5O-. The summed E-state index contributed by atoms with van der Waals surface area (Å²) in [5.74, 6) is -3.61. The number of ether oxygens (including phenoxy) is 1. The Hall–Kier alpha value is -1.27. The van der Waals surface area contributed by atoms with Crippen molar-refractivity contribution in [2.75, 3.05) is 7.11 Å². The highest BCUT2D eigenvalue weighted by Gasteiger charge is 2.31. The third-order valence-corrected chi connectivity index (χ3v) is 1.59. The third kappa shape index (κ3) is 1.97. The summed E-state index contributed by atoms with van der Waals surface area (Å²) in [6.07, 6.45) is 0. The van der Waals surface area contributed by atoms with Crippen LogP contribution in [0, 0.1) is 11.6 Å². The minimum atomic E-state index is -5.48. The van der Waals surface area contributed by atoms with E-state index in [1.807, 2.05) is 0 Å². The lowest BCUT2D eigenvalue weighted by Crippen LogP contribution is -2.36. The minimum absolute atomic E-state index is 0.210. The Morgan fingerprint density at radius 1 is 1.14 bits per heavy atom. The van der Waals surface area contributed by atoms with Gasteiger partial charge in [-0.15, -0.1) is 0 Å². The van der Waals surface area contributed by atoms with Gasteiger partial charge in [-0.25, -0.2) is 8.78 Å². The molecule has 78 valence electrons. The van der Waals surface area contributed by atoms with Gasteiger partial charge in [0.25, 0.3) is 0 Å². The van der Waals surface area contributed by atoms with Crippen LogP contribution in [0.15, 0.2) is 12.1 Å². The Balaban J connectivity index is 3.40. The molecule has 0 N–H and O–H groups in total. The van der Waals surface area contributed by atoms with E-state index in [1.165, 1.54) is 0 Å². The molecule has 0 aromatic heterocycles. The van der Waals surface area contributed by atoms with E-state index in [1.54, 1.807) is 0 Å². The molecule has 1 aromatic rings. The number of methoxy groups -OCH3 is 1. The standard InChI is InChI=1S/C7H5BF5O/c1-14-7-5(8(11,12)13)2-4(9)3-6(7)10/h2-3H,1H3/q-1. The van der Waals surface area contributed by atoms with Crippen molar-refractivity contribution in [1.82, 2.24) is 0 Å². The Labute approximate surface area is 76.5 Å². The van der Waals surface area contributed by atoms with Crippen LogP contribution in [0.25, 0.3) is 0 Å². The Morgan fingerprint density at radius 2 is 1.71 bits per heavy atom. The van der Waals surface area contributed by atoms with Crippen molar-refractivity contribution >= 4 is 12.4 Å². The monoisotopic (exact) mass is 211 g/mol. The van der Waals surface area contributed by atoms with Gasteiger partial charge >= 0.3 is 6.98 Å². The summed E-state index contributed by atoms with van der Waals surface area (Å²) in [5.41, 5.74) is -1.40. The van der Waals surface area contributed by atoms with Gasteiger partial charge in [-0.05, 0) is 6.07 Å². The Bertz CT molecular complexity index is 349. The van der Waals surface area contributed by atoms with Gasteiger partial charge in [0.15, 0.2) is 5.82 Å². The molecule has 0 amide bonds.